The summed E-state index contributed by atoms with van der Waals surface area (Å²) in [7, 11) is -2.31. The Hall–Kier alpha value is -2.25. The molecule has 0 unspecified atom stereocenters. The first kappa shape index (κ1) is 22.0. The number of methoxy groups -OCH3 is 1. The van der Waals surface area contributed by atoms with Gasteiger partial charge in [0, 0.05) is 5.02 Å². The van der Waals surface area contributed by atoms with Crippen LogP contribution in [0.2, 0.25) is 5.02 Å². The van der Waals surface area contributed by atoms with Crippen molar-refractivity contribution in [2.24, 2.45) is 0 Å². The predicted molar refractivity (Wildman–Crippen MR) is 113 cm³/mol. The molecule has 0 radical (unpaired) electrons. The van der Waals surface area contributed by atoms with Gasteiger partial charge in [0.2, 0.25) is 15.9 Å². The minimum Gasteiger partial charge on any atom is -0.495 e. The molecule has 0 aliphatic heterocycles. The molecule has 0 saturated carbocycles. The SMILES string of the molecule is CC[C@H](NC(=O)CN(c1cc(Cl)ccc1OC)S(C)(=O)=O)c1ccc(C)cc1. The first-order valence-electron chi connectivity index (χ1n) is 8.83. The molecule has 2 aromatic carbocycles. The topological polar surface area (TPSA) is 75.7 Å². The molecule has 0 spiro atoms. The van der Waals surface area contributed by atoms with Crippen molar-refractivity contribution in [1.29, 1.82) is 0 Å². The Bertz CT molecular complexity index is 930. The summed E-state index contributed by atoms with van der Waals surface area (Å²) in [4.78, 5) is 12.7. The van der Waals surface area contributed by atoms with E-state index in [-0.39, 0.29) is 18.3 Å². The number of amides is 1. The highest BCUT2D eigenvalue weighted by molar-refractivity contribution is 7.92. The van der Waals surface area contributed by atoms with Gasteiger partial charge < -0.3 is 10.1 Å². The van der Waals surface area contributed by atoms with E-state index < -0.39 is 15.9 Å². The zero-order chi connectivity index (χ0) is 20.9. The molecule has 2 rings (SSSR count). The molecule has 0 aliphatic rings. The molecule has 2 aromatic rings. The highest BCUT2D eigenvalue weighted by Crippen LogP contribution is 2.32. The van der Waals surface area contributed by atoms with Gasteiger partial charge in [-0.15, -0.1) is 0 Å². The third-order valence-corrected chi connectivity index (χ3v) is 5.68. The van der Waals surface area contributed by atoms with E-state index in [1.54, 1.807) is 12.1 Å². The third-order valence-electron chi connectivity index (χ3n) is 4.32. The van der Waals surface area contributed by atoms with Crippen molar-refractivity contribution in [3.05, 3.63) is 58.6 Å². The second-order valence-corrected chi connectivity index (χ2v) is 8.87. The number of anilines is 1. The number of benzene rings is 2. The molecule has 0 heterocycles. The standard InChI is InChI=1S/C20H25ClN2O4S/c1-5-17(15-8-6-14(2)7-9-15)22-20(24)13-23(28(4,25)26)18-12-16(21)10-11-19(18)27-3/h6-12,17H,5,13H2,1-4H3,(H,22,24)/t17-/m0/s1. The maximum absolute atomic E-state index is 12.7. The van der Waals surface area contributed by atoms with E-state index in [2.05, 4.69) is 5.32 Å². The quantitative estimate of drug-likeness (QED) is 0.701. The lowest BCUT2D eigenvalue weighted by Crippen LogP contribution is -2.41. The summed E-state index contributed by atoms with van der Waals surface area (Å²) in [6.45, 7) is 3.57. The van der Waals surface area contributed by atoms with Crippen LogP contribution in [-0.2, 0) is 14.8 Å². The Morgan fingerprint density at radius 1 is 1.21 bits per heavy atom. The van der Waals surface area contributed by atoms with Crippen LogP contribution in [0.3, 0.4) is 0 Å². The number of hydrogen-bond donors (Lipinski definition) is 1. The van der Waals surface area contributed by atoms with E-state index in [9.17, 15) is 13.2 Å². The van der Waals surface area contributed by atoms with Crippen LogP contribution in [0.4, 0.5) is 5.69 Å². The van der Waals surface area contributed by atoms with Crippen LogP contribution in [0.5, 0.6) is 5.75 Å². The molecule has 0 aromatic heterocycles. The zero-order valence-corrected chi connectivity index (χ0v) is 18.0. The summed E-state index contributed by atoms with van der Waals surface area (Å²) in [5.41, 5.74) is 2.31. The normalized spacial score (nSPS) is 12.3. The van der Waals surface area contributed by atoms with Crippen LogP contribution < -0.4 is 14.4 Å². The maximum atomic E-state index is 12.7. The lowest BCUT2D eigenvalue weighted by atomic mass is 10.0. The maximum Gasteiger partial charge on any atom is 0.241 e. The zero-order valence-electron chi connectivity index (χ0n) is 16.4. The van der Waals surface area contributed by atoms with Crippen molar-refractivity contribution < 1.29 is 17.9 Å². The molecule has 1 N–H and O–H groups in total. The second-order valence-electron chi connectivity index (χ2n) is 6.52. The lowest BCUT2D eigenvalue weighted by Gasteiger charge is -2.25. The average Bonchev–Trinajstić information content (AvgIpc) is 2.64. The van der Waals surface area contributed by atoms with Gasteiger partial charge >= 0.3 is 0 Å². The number of rotatable bonds is 8. The van der Waals surface area contributed by atoms with Crippen molar-refractivity contribution in [2.75, 3.05) is 24.2 Å². The summed E-state index contributed by atoms with van der Waals surface area (Å²) < 4.78 is 31.0. The van der Waals surface area contributed by atoms with Gasteiger partial charge in [0.05, 0.1) is 25.1 Å². The van der Waals surface area contributed by atoms with Crippen LogP contribution in [0.25, 0.3) is 0 Å². The summed E-state index contributed by atoms with van der Waals surface area (Å²) in [6.07, 6.45) is 1.71. The molecule has 152 valence electrons. The third kappa shape index (κ3) is 5.62. The number of halogens is 1. The number of carbonyl (C=O) groups excluding carboxylic acids is 1. The molecule has 1 amide bonds. The Labute approximate surface area is 171 Å². The number of nitrogens with zero attached hydrogens (tertiary/aromatic N) is 1. The van der Waals surface area contributed by atoms with Crippen LogP contribution in [0.1, 0.15) is 30.5 Å². The fourth-order valence-corrected chi connectivity index (χ4v) is 3.85. The molecule has 28 heavy (non-hydrogen) atoms. The molecule has 0 aliphatic carbocycles. The first-order valence-corrected chi connectivity index (χ1v) is 11.1. The first-order chi connectivity index (χ1) is 13.2. The molecule has 8 heteroatoms. The van der Waals surface area contributed by atoms with Crippen LogP contribution in [0.15, 0.2) is 42.5 Å². The van der Waals surface area contributed by atoms with Crippen molar-refractivity contribution in [2.45, 2.75) is 26.3 Å². The Morgan fingerprint density at radius 2 is 1.86 bits per heavy atom. The lowest BCUT2D eigenvalue weighted by molar-refractivity contribution is -0.120. The van der Waals surface area contributed by atoms with Crippen LogP contribution in [-0.4, -0.2) is 34.2 Å². The molecule has 0 saturated heterocycles. The Balaban J connectivity index is 2.26. The van der Waals surface area contributed by atoms with Crippen LogP contribution in [0, 0.1) is 6.92 Å². The highest BCUT2D eigenvalue weighted by Gasteiger charge is 2.25. The highest BCUT2D eigenvalue weighted by atomic mass is 35.5. The molecular formula is C20H25ClN2O4S. The number of aryl methyl sites for hydroxylation is 1. The van der Waals surface area contributed by atoms with Crippen molar-refractivity contribution in [3.8, 4) is 5.75 Å². The fourth-order valence-electron chi connectivity index (χ4n) is 2.83. The van der Waals surface area contributed by atoms with Gasteiger partial charge in [0.15, 0.2) is 0 Å². The monoisotopic (exact) mass is 424 g/mol. The summed E-state index contributed by atoms with van der Waals surface area (Å²) >= 11 is 6.03. The number of ether oxygens (including phenoxy) is 1. The van der Waals surface area contributed by atoms with E-state index in [0.717, 1.165) is 21.7 Å². The summed E-state index contributed by atoms with van der Waals surface area (Å²) in [5, 5.41) is 3.25. The summed E-state index contributed by atoms with van der Waals surface area (Å²) in [5.74, 6) is -0.104. The number of hydrogen-bond acceptors (Lipinski definition) is 4. The van der Waals surface area contributed by atoms with E-state index in [1.807, 2.05) is 38.1 Å². The van der Waals surface area contributed by atoms with Gasteiger partial charge in [-0.25, -0.2) is 8.42 Å². The minimum absolute atomic E-state index is 0.212. The van der Waals surface area contributed by atoms with E-state index in [1.165, 1.54) is 13.2 Å². The van der Waals surface area contributed by atoms with Gasteiger partial charge in [-0.3, -0.25) is 9.10 Å². The average molecular weight is 425 g/mol. The largest absolute Gasteiger partial charge is 0.495 e. The molecule has 1 atom stereocenters. The van der Waals surface area contributed by atoms with Gasteiger partial charge in [-0.05, 0) is 37.1 Å². The number of sulfonamides is 1. The van der Waals surface area contributed by atoms with Crippen LogP contribution >= 0.6 is 11.6 Å². The van der Waals surface area contributed by atoms with Crippen molar-refractivity contribution in [1.82, 2.24) is 5.32 Å². The summed E-state index contributed by atoms with van der Waals surface area (Å²) in [6, 6.07) is 12.3. The van der Waals surface area contributed by atoms with E-state index in [4.69, 9.17) is 16.3 Å². The van der Waals surface area contributed by atoms with Gasteiger partial charge in [-0.2, -0.15) is 0 Å². The van der Waals surface area contributed by atoms with Gasteiger partial charge in [0.1, 0.15) is 12.3 Å². The minimum atomic E-state index is -3.74. The van der Waals surface area contributed by atoms with E-state index in [0.29, 0.717) is 17.2 Å². The molecular weight excluding hydrogens is 400 g/mol. The molecule has 0 fully saturated rings. The van der Waals surface area contributed by atoms with E-state index >= 15 is 0 Å². The Kier molecular flexibility index (Phi) is 7.32. The van der Waals surface area contributed by atoms with Crippen molar-refractivity contribution in [3.63, 3.8) is 0 Å². The second kappa shape index (κ2) is 9.30. The molecule has 6 nitrogen and oxygen atoms in total. The Morgan fingerprint density at radius 3 is 2.39 bits per heavy atom. The van der Waals surface area contributed by atoms with Gasteiger partial charge in [-0.1, -0.05) is 48.4 Å². The fraction of sp³-hybridized carbons (Fsp3) is 0.350. The smallest absolute Gasteiger partial charge is 0.241 e. The predicted octanol–water partition coefficient (Wildman–Crippen LogP) is 3.69. The number of nitrogens with one attached hydrogen (secondary N) is 1. The number of carbonyl (C=O) groups is 1. The van der Waals surface area contributed by atoms with Crippen molar-refractivity contribution >= 4 is 33.2 Å². The molecule has 0 bridgehead atoms. The van der Waals surface area contributed by atoms with Gasteiger partial charge in [0.25, 0.3) is 0 Å².